The SMILES string of the molecule is CC(C)(C)C(Cc1cn(S(=O)(=O)c2nccs2)c(-c2cccnc2F)c1F)NC(=O)O. The van der Waals surface area contributed by atoms with Crippen molar-refractivity contribution in [2.75, 3.05) is 0 Å². The third-order valence-electron chi connectivity index (χ3n) is 4.65. The van der Waals surface area contributed by atoms with E-state index in [4.69, 9.17) is 5.11 Å². The Morgan fingerprint density at radius 2 is 2.00 bits per heavy atom. The summed E-state index contributed by atoms with van der Waals surface area (Å²) in [7, 11) is -4.33. The molecule has 3 aromatic heterocycles. The number of carbonyl (C=O) groups is 1. The van der Waals surface area contributed by atoms with Gasteiger partial charge in [-0.25, -0.2) is 23.1 Å². The Labute approximate surface area is 181 Å². The van der Waals surface area contributed by atoms with Crippen molar-refractivity contribution in [1.82, 2.24) is 19.3 Å². The van der Waals surface area contributed by atoms with Gasteiger partial charge in [0.2, 0.25) is 10.3 Å². The third-order valence-corrected chi connectivity index (χ3v) is 7.49. The minimum atomic E-state index is -4.33. The Morgan fingerprint density at radius 1 is 1.29 bits per heavy atom. The van der Waals surface area contributed by atoms with Gasteiger partial charge < -0.3 is 10.4 Å². The van der Waals surface area contributed by atoms with E-state index < -0.39 is 45.0 Å². The first-order chi connectivity index (χ1) is 14.4. The van der Waals surface area contributed by atoms with E-state index in [2.05, 4.69) is 15.3 Å². The van der Waals surface area contributed by atoms with Crippen LogP contribution in [0.2, 0.25) is 0 Å². The number of rotatable bonds is 6. The van der Waals surface area contributed by atoms with E-state index in [0.717, 1.165) is 23.7 Å². The van der Waals surface area contributed by atoms with Crippen LogP contribution in [0.15, 0.2) is 40.4 Å². The number of hydrogen-bond donors (Lipinski definition) is 2. The zero-order valence-corrected chi connectivity index (χ0v) is 18.5. The normalized spacial score (nSPS) is 13.2. The molecule has 0 spiro atoms. The number of amides is 1. The number of nitrogens with one attached hydrogen (secondary N) is 1. The quantitative estimate of drug-likeness (QED) is 0.531. The van der Waals surface area contributed by atoms with Crippen molar-refractivity contribution in [2.45, 2.75) is 37.6 Å². The molecule has 31 heavy (non-hydrogen) atoms. The van der Waals surface area contributed by atoms with Gasteiger partial charge in [0.05, 0.1) is 5.56 Å². The van der Waals surface area contributed by atoms with Crippen LogP contribution in [0.25, 0.3) is 11.3 Å². The molecule has 12 heteroatoms. The number of halogens is 2. The molecule has 166 valence electrons. The average Bonchev–Trinajstić information content (AvgIpc) is 3.31. The largest absolute Gasteiger partial charge is 0.465 e. The maximum absolute atomic E-state index is 15.5. The monoisotopic (exact) mass is 470 g/mol. The molecule has 0 saturated heterocycles. The molecule has 8 nitrogen and oxygen atoms in total. The van der Waals surface area contributed by atoms with Crippen molar-refractivity contribution in [3.63, 3.8) is 0 Å². The minimum Gasteiger partial charge on any atom is -0.465 e. The summed E-state index contributed by atoms with van der Waals surface area (Å²) in [5.74, 6) is -2.02. The number of hydrogen-bond acceptors (Lipinski definition) is 6. The summed E-state index contributed by atoms with van der Waals surface area (Å²) in [5, 5.41) is 12.9. The van der Waals surface area contributed by atoms with Gasteiger partial charge in [0.15, 0.2) is 5.82 Å². The maximum Gasteiger partial charge on any atom is 0.404 e. The molecule has 0 aliphatic heterocycles. The van der Waals surface area contributed by atoms with Crippen LogP contribution in [-0.4, -0.2) is 39.6 Å². The molecule has 1 amide bonds. The summed E-state index contributed by atoms with van der Waals surface area (Å²) in [6.07, 6.45) is 2.03. The molecule has 3 rings (SSSR count). The van der Waals surface area contributed by atoms with Gasteiger partial charge in [-0.2, -0.15) is 12.8 Å². The summed E-state index contributed by atoms with van der Waals surface area (Å²) < 4.78 is 56.5. The molecule has 0 aliphatic rings. The Morgan fingerprint density at radius 3 is 2.55 bits per heavy atom. The van der Waals surface area contributed by atoms with Crippen molar-refractivity contribution in [3.8, 4) is 11.3 Å². The Bertz CT molecular complexity index is 1200. The van der Waals surface area contributed by atoms with Crippen molar-refractivity contribution in [2.24, 2.45) is 5.41 Å². The van der Waals surface area contributed by atoms with E-state index in [9.17, 15) is 17.6 Å². The second-order valence-electron chi connectivity index (χ2n) is 7.83. The van der Waals surface area contributed by atoms with Crippen LogP contribution in [0, 0.1) is 17.2 Å². The van der Waals surface area contributed by atoms with Crippen molar-refractivity contribution in [1.29, 1.82) is 0 Å². The van der Waals surface area contributed by atoms with E-state index in [1.54, 1.807) is 20.8 Å². The van der Waals surface area contributed by atoms with E-state index in [0.29, 0.717) is 3.97 Å². The number of thiazole rings is 1. The second kappa shape index (κ2) is 8.35. The Hall–Kier alpha value is -2.86. The van der Waals surface area contributed by atoms with Crippen molar-refractivity contribution < 1.29 is 27.1 Å². The van der Waals surface area contributed by atoms with Crippen LogP contribution in [0.3, 0.4) is 0 Å². The molecule has 2 N–H and O–H groups in total. The molecule has 0 fully saturated rings. The third kappa shape index (κ3) is 4.59. The van der Waals surface area contributed by atoms with Gasteiger partial charge in [-0.15, -0.1) is 11.3 Å². The molecular weight excluding hydrogens is 450 g/mol. The molecule has 0 aliphatic carbocycles. The van der Waals surface area contributed by atoms with E-state index in [1.807, 2.05) is 0 Å². The number of aromatic nitrogens is 3. The molecule has 0 radical (unpaired) electrons. The highest BCUT2D eigenvalue weighted by molar-refractivity contribution is 7.92. The first kappa shape index (κ1) is 22.8. The summed E-state index contributed by atoms with van der Waals surface area (Å²) in [6, 6.07) is 1.83. The van der Waals surface area contributed by atoms with E-state index in [-0.39, 0.29) is 21.9 Å². The minimum absolute atomic E-state index is 0.0907. The Balaban J connectivity index is 2.22. The molecule has 0 saturated carbocycles. The Kier molecular flexibility index (Phi) is 6.14. The summed E-state index contributed by atoms with van der Waals surface area (Å²) >= 11 is 0.833. The van der Waals surface area contributed by atoms with Crippen LogP contribution >= 0.6 is 11.3 Å². The highest BCUT2D eigenvalue weighted by Crippen LogP contribution is 2.34. The lowest BCUT2D eigenvalue weighted by Gasteiger charge is -2.30. The van der Waals surface area contributed by atoms with Crippen LogP contribution < -0.4 is 5.32 Å². The molecule has 3 aromatic rings. The smallest absolute Gasteiger partial charge is 0.404 e. The average molecular weight is 471 g/mol. The van der Waals surface area contributed by atoms with Crippen LogP contribution in [0.4, 0.5) is 13.6 Å². The molecule has 0 aromatic carbocycles. The molecule has 1 unspecified atom stereocenters. The maximum atomic E-state index is 15.5. The lowest BCUT2D eigenvalue weighted by molar-refractivity contribution is 0.174. The van der Waals surface area contributed by atoms with Gasteiger partial charge >= 0.3 is 6.09 Å². The highest BCUT2D eigenvalue weighted by Gasteiger charge is 2.33. The van der Waals surface area contributed by atoms with Crippen LogP contribution in [-0.2, 0) is 16.4 Å². The van der Waals surface area contributed by atoms with Gasteiger partial charge in [-0.3, -0.25) is 0 Å². The molecule has 3 heterocycles. The fraction of sp³-hybridized carbons (Fsp3) is 0.316. The first-order valence-corrected chi connectivity index (χ1v) is 11.4. The van der Waals surface area contributed by atoms with Crippen molar-refractivity contribution in [3.05, 3.63) is 53.4 Å². The summed E-state index contributed by atoms with van der Waals surface area (Å²) in [6.45, 7) is 5.28. The first-order valence-electron chi connectivity index (χ1n) is 9.08. The van der Waals surface area contributed by atoms with Gasteiger partial charge in [-0.1, -0.05) is 20.8 Å². The second-order valence-corrected chi connectivity index (χ2v) is 10.7. The van der Waals surface area contributed by atoms with Gasteiger partial charge in [0.1, 0.15) is 5.69 Å². The summed E-state index contributed by atoms with van der Waals surface area (Å²) in [5.41, 5.74) is -1.57. The number of pyridine rings is 1. The van der Waals surface area contributed by atoms with Gasteiger partial charge in [0.25, 0.3) is 10.0 Å². The molecule has 1 atom stereocenters. The number of carboxylic acid groups (broad SMARTS) is 1. The van der Waals surface area contributed by atoms with E-state index >= 15 is 4.39 Å². The highest BCUT2D eigenvalue weighted by atomic mass is 32.2. The zero-order valence-electron chi connectivity index (χ0n) is 16.8. The lowest BCUT2D eigenvalue weighted by Crippen LogP contribution is -2.44. The summed E-state index contributed by atoms with van der Waals surface area (Å²) in [4.78, 5) is 18.5. The fourth-order valence-corrected chi connectivity index (χ4v) is 5.31. The van der Waals surface area contributed by atoms with Crippen LogP contribution in [0.5, 0.6) is 0 Å². The van der Waals surface area contributed by atoms with Crippen LogP contribution in [0.1, 0.15) is 26.3 Å². The predicted octanol–water partition coefficient (Wildman–Crippen LogP) is 3.75. The van der Waals surface area contributed by atoms with Gasteiger partial charge in [0, 0.05) is 35.6 Å². The fourth-order valence-electron chi connectivity index (χ4n) is 3.01. The predicted molar refractivity (Wildman–Crippen MR) is 110 cm³/mol. The lowest BCUT2D eigenvalue weighted by atomic mass is 9.83. The molecule has 0 bridgehead atoms. The topological polar surface area (TPSA) is 114 Å². The van der Waals surface area contributed by atoms with E-state index in [1.165, 1.54) is 23.7 Å². The standard InChI is InChI=1S/C19H20F2N4O4S2/c1-19(2,3)13(24-17(26)27)9-11-10-25(31(28,29)18-23-7-8-30-18)15(14(11)20)12-5-4-6-22-16(12)21/h4-8,10,13,24H,9H2,1-3H3,(H,26,27). The molecular formula is C19H20F2N4O4S2. The zero-order chi connectivity index (χ0) is 23.0. The van der Waals surface area contributed by atoms with Gasteiger partial charge in [-0.05, 0) is 24.0 Å². The van der Waals surface area contributed by atoms with Crippen molar-refractivity contribution >= 4 is 27.5 Å². The number of nitrogens with zero attached hydrogens (tertiary/aromatic N) is 3.